The molecule has 0 saturated heterocycles. The van der Waals surface area contributed by atoms with Gasteiger partial charge in [0.1, 0.15) is 0 Å². The van der Waals surface area contributed by atoms with Gasteiger partial charge in [-0.05, 0) is 122 Å². The minimum absolute atomic E-state index is 0.509. The standard InChI is InChI=1S/C61H51N5/c1-40-36-42(3)57(43(4)37-40)66(58-44(5)38-41(2)39-45(58)6)50-34-32-49(33-35-50)65(56-31-18-17-28-53(56)48-22-11-8-12-23-48)61-63-59(54-29-16-15-27-51(54)46-20-9-7-10-21-46)62-60(64-61)55-30-19-25-47-24-13-14-26-52(47)55/h7-39H,1-6H3. The number of hydrogen-bond donors (Lipinski definition) is 0. The van der Waals surface area contributed by atoms with Crippen LogP contribution in [0.1, 0.15) is 33.4 Å². The molecule has 0 bridgehead atoms. The summed E-state index contributed by atoms with van der Waals surface area (Å²) in [5.74, 6) is 1.69. The van der Waals surface area contributed by atoms with E-state index < -0.39 is 0 Å². The Morgan fingerprint density at radius 3 is 1.35 bits per heavy atom. The number of anilines is 6. The van der Waals surface area contributed by atoms with Gasteiger partial charge in [0.15, 0.2) is 11.6 Å². The predicted octanol–water partition coefficient (Wildman–Crippen LogP) is 16.5. The first-order valence-electron chi connectivity index (χ1n) is 22.6. The van der Waals surface area contributed by atoms with Crippen LogP contribution in [0, 0.1) is 41.5 Å². The molecule has 0 amide bonds. The van der Waals surface area contributed by atoms with E-state index in [-0.39, 0.29) is 0 Å². The predicted molar refractivity (Wildman–Crippen MR) is 277 cm³/mol. The van der Waals surface area contributed by atoms with Crippen LogP contribution in [0.2, 0.25) is 0 Å². The maximum Gasteiger partial charge on any atom is 0.238 e. The van der Waals surface area contributed by atoms with E-state index in [1.165, 1.54) is 44.8 Å². The van der Waals surface area contributed by atoms with Gasteiger partial charge in [-0.15, -0.1) is 0 Å². The minimum Gasteiger partial charge on any atom is -0.309 e. The van der Waals surface area contributed by atoms with Gasteiger partial charge in [0, 0.05) is 28.1 Å². The van der Waals surface area contributed by atoms with Gasteiger partial charge in [0.2, 0.25) is 5.95 Å². The van der Waals surface area contributed by atoms with E-state index in [2.05, 4.69) is 245 Å². The average Bonchev–Trinajstić information content (AvgIpc) is 3.34. The Bertz CT molecular complexity index is 3270. The van der Waals surface area contributed by atoms with Crippen LogP contribution in [0.4, 0.5) is 34.4 Å². The lowest BCUT2D eigenvalue weighted by molar-refractivity contribution is 1.02. The normalized spacial score (nSPS) is 11.2. The maximum atomic E-state index is 5.49. The molecule has 0 radical (unpaired) electrons. The molecule has 0 saturated carbocycles. The van der Waals surface area contributed by atoms with Crippen molar-refractivity contribution in [2.24, 2.45) is 0 Å². The summed E-state index contributed by atoms with van der Waals surface area (Å²) in [6.07, 6.45) is 0. The van der Waals surface area contributed by atoms with E-state index in [0.717, 1.165) is 61.2 Å². The fourth-order valence-corrected chi connectivity index (χ4v) is 9.74. The van der Waals surface area contributed by atoms with Crippen molar-refractivity contribution in [2.75, 3.05) is 9.80 Å². The maximum absolute atomic E-state index is 5.49. The molecule has 0 N–H and O–H groups in total. The zero-order valence-corrected chi connectivity index (χ0v) is 38.3. The lowest BCUT2D eigenvalue weighted by Crippen LogP contribution is -2.18. The van der Waals surface area contributed by atoms with E-state index >= 15 is 0 Å². The Balaban J connectivity index is 1.23. The largest absolute Gasteiger partial charge is 0.309 e. The lowest BCUT2D eigenvalue weighted by Gasteiger charge is -2.32. The van der Waals surface area contributed by atoms with E-state index in [0.29, 0.717) is 17.6 Å². The number of aryl methyl sites for hydroxylation is 6. The van der Waals surface area contributed by atoms with Gasteiger partial charge in [-0.25, -0.2) is 4.98 Å². The monoisotopic (exact) mass is 853 g/mol. The Labute approximate surface area is 388 Å². The van der Waals surface area contributed by atoms with Crippen molar-refractivity contribution in [1.82, 2.24) is 15.0 Å². The molecule has 1 aromatic heterocycles. The fraction of sp³-hybridized carbons (Fsp3) is 0.0984. The highest BCUT2D eigenvalue weighted by Crippen LogP contribution is 2.46. The highest BCUT2D eigenvalue weighted by atomic mass is 15.3. The van der Waals surface area contributed by atoms with Crippen LogP contribution in [0.5, 0.6) is 0 Å². The number of nitrogens with zero attached hydrogens (tertiary/aromatic N) is 5. The molecule has 10 aromatic rings. The van der Waals surface area contributed by atoms with Crippen molar-refractivity contribution in [2.45, 2.75) is 41.5 Å². The third kappa shape index (κ3) is 8.01. The van der Waals surface area contributed by atoms with E-state index in [4.69, 9.17) is 15.0 Å². The molecule has 0 fully saturated rings. The second-order valence-electron chi connectivity index (χ2n) is 17.3. The summed E-state index contributed by atoms with van der Waals surface area (Å²) in [6.45, 7) is 13.2. The van der Waals surface area contributed by atoms with Crippen LogP contribution in [-0.2, 0) is 0 Å². The Morgan fingerprint density at radius 2 is 0.758 bits per heavy atom. The van der Waals surface area contributed by atoms with Crippen LogP contribution >= 0.6 is 0 Å². The van der Waals surface area contributed by atoms with Gasteiger partial charge >= 0.3 is 0 Å². The zero-order chi connectivity index (χ0) is 45.3. The smallest absolute Gasteiger partial charge is 0.238 e. The molecule has 10 rings (SSSR count). The number of benzene rings is 9. The molecule has 0 unspecified atom stereocenters. The fourth-order valence-electron chi connectivity index (χ4n) is 9.74. The molecule has 320 valence electrons. The average molecular weight is 854 g/mol. The van der Waals surface area contributed by atoms with Crippen LogP contribution in [0.25, 0.3) is 55.8 Å². The molecule has 0 atom stereocenters. The SMILES string of the molecule is Cc1cc(C)c(N(c2ccc(N(c3nc(-c4ccccc4-c4ccccc4)nc(-c4cccc5ccccc45)n3)c3ccccc3-c3ccccc3)cc2)c2c(C)cc(C)cc2C)c(C)c1. The summed E-state index contributed by atoms with van der Waals surface area (Å²) in [5.41, 5.74) is 18.8. The van der Waals surface area contributed by atoms with Gasteiger partial charge < -0.3 is 4.90 Å². The Hall–Kier alpha value is -8.15. The molecule has 5 nitrogen and oxygen atoms in total. The van der Waals surface area contributed by atoms with Crippen LogP contribution < -0.4 is 9.80 Å². The zero-order valence-electron chi connectivity index (χ0n) is 38.3. The lowest BCUT2D eigenvalue weighted by atomic mass is 9.98. The third-order valence-electron chi connectivity index (χ3n) is 12.4. The summed E-state index contributed by atoms with van der Waals surface area (Å²) < 4.78 is 0. The molecular formula is C61H51N5. The van der Waals surface area contributed by atoms with Gasteiger partial charge in [-0.2, -0.15) is 9.97 Å². The van der Waals surface area contributed by atoms with Crippen molar-refractivity contribution in [3.8, 4) is 45.0 Å². The van der Waals surface area contributed by atoms with Crippen molar-refractivity contribution in [3.63, 3.8) is 0 Å². The van der Waals surface area contributed by atoms with Crippen LogP contribution in [-0.4, -0.2) is 15.0 Å². The topological polar surface area (TPSA) is 45.2 Å². The first-order chi connectivity index (χ1) is 32.2. The van der Waals surface area contributed by atoms with Gasteiger partial charge in [0.25, 0.3) is 0 Å². The number of aromatic nitrogens is 3. The number of para-hydroxylation sites is 1. The summed E-state index contributed by atoms with van der Waals surface area (Å²) in [7, 11) is 0. The van der Waals surface area contributed by atoms with Gasteiger partial charge in [0.05, 0.1) is 17.1 Å². The van der Waals surface area contributed by atoms with Crippen molar-refractivity contribution in [1.29, 1.82) is 0 Å². The van der Waals surface area contributed by atoms with E-state index in [1.54, 1.807) is 0 Å². The summed E-state index contributed by atoms with van der Waals surface area (Å²) in [6, 6.07) is 70.8. The highest BCUT2D eigenvalue weighted by molar-refractivity contribution is 5.96. The second kappa shape index (κ2) is 17.8. The number of rotatable bonds is 10. The second-order valence-corrected chi connectivity index (χ2v) is 17.3. The van der Waals surface area contributed by atoms with Gasteiger partial charge in [-0.1, -0.05) is 181 Å². The highest BCUT2D eigenvalue weighted by Gasteiger charge is 2.26. The molecule has 0 aliphatic heterocycles. The number of hydrogen-bond acceptors (Lipinski definition) is 5. The molecule has 0 aliphatic rings. The Kier molecular flexibility index (Phi) is 11.3. The van der Waals surface area contributed by atoms with E-state index in [1.807, 2.05) is 6.07 Å². The number of fused-ring (bicyclic) bond motifs is 1. The molecule has 66 heavy (non-hydrogen) atoms. The van der Waals surface area contributed by atoms with Crippen molar-refractivity contribution >= 4 is 45.2 Å². The minimum atomic E-state index is 0.509. The van der Waals surface area contributed by atoms with Gasteiger partial charge in [-0.3, -0.25) is 4.90 Å². The molecule has 0 aliphatic carbocycles. The van der Waals surface area contributed by atoms with Crippen molar-refractivity contribution in [3.05, 3.63) is 234 Å². The summed E-state index contributed by atoms with van der Waals surface area (Å²) in [5, 5.41) is 2.19. The molecule has 1 heterocycles. The quantitative estimate of drug-likeness (QED) is 0.137. The molecule has 9 aromatic carbocycles. The van der Waals surface area contributed by atoms with Crippen LogP contribution in [0.15, 0.2) is 200 Å². The first-order valence-corrected chi connectivity index (χ1v) is 22.6. The molecule has 5 heteroatoms. The third-order valence-corrected chi connectivity index (χ3v) is 12.4. The summed E-state index contributed by atoms with van der Waals surface area (Å²) >= 11 is 0. The first kappa shape index (κ1) is 41.8. The Morgan fingerprint density at radius 1 is 0.333 bits per heavy atom. The van der Waals surface area contributed by atoms with Crippen molar-refractivity contribution < 1.29 is 0 Å². The molecule has 0 spiro atoms. The van der Waals surface area contributed by atoms with Crippen LogP contribution in [0.3, 0.4) is 0 Å². The summed E-state index contributed by atoms with van der Waals surface area (Å²) in [4.78, 5) is 21.0. The van der Waals surface area contributed by atoms with E-state index in [9.17, 15) is 0 Å². The molecular weight excluding hydrogens is 803 g/mol.